The number of ether oxygens (including phenoxy) is 2. The van der Waals surface area contributed by atoms with Gasteiger partial charge in [0.15, 0.2) is 0 Å². The summed E-state index contributed by atoms with van der Waals surface area (Å²) in [5, 5.41) is 0.418. The van der Waals surface area contributed by atoms with Crippen LogP contribution >= 0.6 is 11.6 Å². The molecule has 1 aliphatic heterocycles. The Morgan fingerprint density at radius 3 is 2.61 bits per heavy atom. The van der Waals surface area contributed by atoms with Gasteiger partial charge < -0.3 is 14.4 Å². The molecule has 154 valence electrons. The SMILES string of the molecule is CCCN(CC1CC1)c1cc2c(cc1Cl)C=C(C(=O)OCC)C(C(F)(F)F)O2. The first kappa shape index (κ1) is 20.8. The van der Waals surface area contributed by atoms with E-state index in [0.29, 0.717) is 22.2 Å². The maximum atomic E-state index is 13.5. The number of alkyl halides is 3. The Morgan fingerprint density at radius 1 is 1.32 bits per heavy atom. The van der Waals surface area contributed by atoms with Gasteiger partial charge in [0.25, 0.3) is 0 Å². The summed E-state index contributed by atoms with van der Waals surface area (Å²) in [5.41, 5.74) is 0.414. The fraction of sp³-hybridized carbons (Fsp3) is 0.550. The lowest BCUT2D eigenvalue weighted by Gasteiger charge is -2.30. The maximum absolute atomic E-state index is 13.5. The molecule has 8 heteroatoms. The van der Waals surface area contributed by atoms with Crippen molar-refractivity contribution in [2.45, 2.75) is 45.4 Å². The van der Waals surface area contributed by atoms with Crippen LogP contribution in [-0.4, -0.2) is 37.9 Å². The van der Waals surface area contributed by atoms with Gasteiger partial charge in [0, 0.05) is 24.7 Å². The Bertz CT molecular complexity index is 775. The largest absolute Gasteiger partial charge is 0.475 e. The number of hydrogen-bond donors (Lipinski definition) is 0. The second kappa shape index (κ2) is 8.23. The van der Waals surface area contributed by atoms with Gasteiger partial charge in [-0.2, -0.15) is 13.2 Å². The van der Waals surface area contributed by atoms with Crippen LogP contribution in [-0.2, 0) is 9.53 Å². The van der Waals surface area contributed by atoms with Gasteiger partial charge in [-0.25, -0.2) is 4.79 Å². The molecule has 2 aliphatic rings. The second-order valence-corrected chi connectivity index (χ2v) is 7.50. The fourth-order valence-electron chi connectivity index (χ4n) is 3.26. The zero-order chi connectivity index (χ0) is 20.5. The summed E-state index contributed by atoms with van der Waals surface area (Å²) in [6, 6.07) is 3.10. The molecule has 4 nitrogen and oxygen atoms in total. The quantitative estimate of drug-likeness (QED) is 0.569. The maximum Gasteiger partial charge on any atom is 0.430 e. The molecule has 1 atom stereocenters. The molecule has 0 bridgehead atoms. The summed E-state index contributed by atoms with van der Waals surface area (Å²) in [6.07, 6.45) is -2.75. The molecule has 1 unspecified atom stereocenters. The highest BCUT2D eigenvalue weighted by molar-refractivity contribution is 6.33. The smallest absolute Gasteiger partial charge is 0.430 e. The number of nitrogens with zero attached hydrogens (tertiary/aromatic N) is 1. The summed E-state index contributed by atoms with van der Waals surface area (Å²) in [6.45, 7) is 5.11. The predicted molar refractivity (Wildman–Crippen MR) is 102 cm³/mol. The van der Waals surface area contributed by atoms with Gasteiger partial charge in [-0.3, -0.25) is 0 Å². The van der Waals surface area contributed by atoms with Crippen LogP contribution in [0, 0.1) is 5.92 Å². The molecule has 1 aromatic rings. The number of carbonyl (C=O) groups excluding carboxylic acids is 1. The molecule has 0 saturated heterocycles. The number of hydrogen-bond acceptors (Lipinski definition) is 4. The zero-order valence-corrected chi connectivity index (χ0v) is 16.6. The Hall–Kier alpha value is -1.89. The first-order valence-electron chi connectivity index (χ1n) is 9.45. The van der Waals surface area contributed by atoms with Crippen molar-refractivity contribution in [2.75, 3.05) is 24.6 Å². The highest BCUT2D eigenvalue weighted by Crippen LogP contribution is 2.43. The van der Waals surface area contributed by atoms with Gasteiger partial charge in [-0.05, 0) is 44.2 Å². The monoisotopic (exact) mass is 417 g/mol. The normalized spacial score (nSPS) is 18.8. The van der Waals surface area contributed by atoms with E-state index in [1.807, 2.05) is 6.92 Å². The summed E-state index contributed by atoms with van der Waals surface area (Å²) < 4.78 is 50.6. The number of anilines is 1. The van der Waals surface area contributed by atoms with Crippen LogP contribution in [0.2, 0.25) is 5.02 Å². The molecule has 0 aromatic heterocycles. The van der Waals surface area contributed by atoms with Crippen molar-refractivity contribution in [1.82, 2.24) is 0 Å². The third-order valence-corrected chi connectivity index (χ3v) is 5.04. The Labute approximate surface area is 167 Å². The molecule has 28 heavy (non-hydrogen) atoms. The van der Waals surface area contributed by atoms with E-state index in [2.05, 4.69) is 4.90 Å². The summed E-state index contributed by atoms with van der Waals surface area (Å²) in [7, 11) is 0. The predicted octanol–water partition coefficient (Wildman–Crippen LogP) is 5.24. The van der Waals surface area contributed by atoms with Crippen molar-refractivity contribution >= 4 is 29.3 Å². The first-order chi connectivity index (χ1) is 13.2. The highest BCUT2D eigenvalue weighted by atomic mass is 35.5. The third-order valence-electron chi connectivity index (χ3n) is 4.74. The molecule has 0 N–H and O–H groups in total. The highest BCUT2D eigenvalue weighted by Gasteiger charge is 2.49. The molecule has 0 radical (unpaired) electrons. The molecule has 1 fully saturated rings. The van der Waals surface area contributed by atoms with E-state index in [0.717, 1.165) is 38.4 Å². The fourth-order valence-corrected chi connectivity index (χ4v) is 3.56. The number of benzene rings is 1. The Morgan fingerprint density at radius 2 is 2.04 bits per heavy atom. The van der Waals surface area contributed by atoms with Gasteiger partial charge in [-0.1, -0.05) is 18.5 Å². The molecule has 0 spiro atoms. The number of halogens is 4. The van der Waals surface area contributed by atoms with Crippen molar-refractivity contribution in [3.05, 3.63) is 28.3 Å². The van der Waals surface area contributed by atoms with Crippen molar-refractivity contribution < 1.29 is 27.4 Å². The minimum Gasteiger partial charge on any atom is -0.475 e. The van der Waals surface area contributed by atoms with Crippen molar-refractivity contribution in [3.8, 4) is 5.75 Å². The second-order valence-electron chi connectivity index (χ2n) is 7.09. The number of carbonyl (C=O) groups is 1. The molecular formula is C20H23ClF3NO3. The van der Waals surface area contributed by atoms with Crippen LogP contribution in [0.25, 0.3) is 6.08 Å². The van der Waals surface area contributed by atoms with Crippen molar-refractivity contribution in [1.29, 1.82) is 0 Å². The van der Waals surface area contributed by atoms with Crippen molar-refractivity contribution in [3.63, 3.8) is 0 Å². The lowest BCUT2D eigenvalue weighted by Crippen LogP contribution is -2.41. The van der Waals surface area contributed by atoms with E-state index in [4.69, 9.17) is 21.1 Å². The molecule has 1 aliphatic carbocycles. The summed E-state index contributed by atoms with van der Waals surface area (Å²) in [4.78, 5) is 14.1. The number of rotatable bonds is 7. The van der Waals surface area contributed by atoms with E-state index in [1.165, 1.54) is 6.92 Å². The number of esters is 1. The van der Waals surface area contributed by atoms with E-state index >= 15 is 0 Å². The van der Waals surface area contributed by atoms with E-state index in [1.54, 1.807) is 12.1 Å². The molecule has 0 amide bonds. The minimum absolute atomic E-state index is 0.0273. The van der Waals surface area contributed by atoms with E-state index in [-0.39, 0.29) is 12.4 Å². The van der Waals surface area contributed by atoms with Gasteiger partial charge >= 0.3 is 12.1 Å². The van der Waals surface area contributed by atoms with Gasteiger partial charge in [0.1, 0.15) is 5.75 Å². The van der Waals surface area contributed by atoms with Crippen LogP contribution < -0.4 is 9.64 Å². The summed E-state index contributed by atoms with van der Waals surface area (Å²) in [5.74, 6) is -0.388. The van der Waals surface area contributed by atoms with Crippen LogP contribution in [0.4, 0.5) is 18.9 Å². The lowest BCUT2D eigenvalue weighted by atomic mass is 10.0. The third kappa shape index (κ3) is 4.57. The molecular weight excluding hydrogens is 395 g/mol. The molecule has 1 saturated carbocycles. The van der Waals surface area contributed by atoms with Crippen LogP contribution in [0.1, 0.15) is 38.7 Å². The molecule has 1 aromatic carbocycles. The molecule has 1 heterocycles. The van der Waals surface area contributed by atoms with Crippen LogP contribution in [0.15, 0.2) is 17.7 Å². The Balaban J connectivity index is 1.99. The molecule has 3 rings (SSSR count). The first-order valence-corrected chi connectivity index (χ1v) is 9.83. The Kier molecular flexibility index (Phi) is 6.12. The van der Waals surface area contributed by atoms with Crippen molar-refractivity contribution in [2.24, 2.45) is 5.92 Å². The van der Waals surface area contributed by atoms with Crippen LogP contribution in [0.5, 0.6) is 5.75 Å². The van der Waals surface area contributed by atoms with Gasteiger partial charge in [-0.15, -0.1) is 0 Å². The van der Waals surface area contributed by atoms with Crippen LogP contribution in [0.3, 0.4) is 0 Å². The number of fused-ring (bicyclic) bond motifs is 1. The van der Waals surface area contributed by atoms with E-state index < -0.39 is 23.8 Å². The summed E-state index contributed by atoms with van der Waals surface area (Å²) >= 11 is 6.45. The zero-order valence-electron chi connectivity index (χ0n) is 15.8. The van der Waals surface area contributed by atoms with Gasteiger partial charge in [0.2, 0.25) is 6.10 Å². The average Bonchev–Trinajstić information content (AvgIpc) is 3.43. The standard InChI is InChI=1S/C20H23ClF3NO3/c1-3-7-25(11-12-5-6-12)16-10-17-13(9-15(16)21)8-14(19(26)27-4-2)18(28-17)20(22,23)24/h8-10,12,18H,3-7,11H2,1-2H3. The lowest BCUT2D eigenvalue weighted by molar-refractivity contribution is -0.187. The topological polar surface area (TPSA) is 38.8 Å². The average molecular weight is 418 g/mol. The van der Waals surface area contributed by atoms with E-state index in [9.17, 15) is 18.0 Å². The van der Waals surface area contributed by atoms with Gasteiger partial charge in [0.05, 0.1) is 22.9 Å². The minimum atomic E-state index is -4.74.